The summed E-state index contributed by atoms with van der Waals surface area (Å²) in [5.41, 5.74) is 1.48. The van der Waals surface area contributed by atoms with Crippen LogP contribution in [0.3, 0.4) is 0 Å². The average molecular weight is 215 g/mol. The topological polar surface area (TPSA) is 15.8 Å². The van der Waals surface area contributed by atoms with Gasteiger partial charge in [0.1, 0.15) is 11.7 Å². The van der Waals surface area contributed by atoms with Crippen LogP contribution >= 0.6 is 0 Å². The summed E-state index contributed by atoms with van der Waals surface area (Å²) >= 11 is 0. The van der Waals surface area contributed by atoms with Crippen LogP contribution in [0.15, 0.2) is 30.3 Å². The molecule has 3 aliphatic rings. The van der Waals surface area contributed by atoms with E-state index in [1.54, 1.807) is 0 Å². The molecule has 0 amide bonds. The molecule has 2 heteroatoms. The van der Waals surface area contributed by atoms with Crippen LogP contribution in [0.4, 0.5) is 0 Å². The molecule has 3 heterocycles. The van der Waals surface area contributed by atoms with E-state index < -0.39 is 0 Å². The summed E-state index contributed by atoms with van der Waals surface area (Å²) in [6.07, 6.45) is 4.32. The molecule has 2 bridgehead atoms. The maximum atomic E-state index is 6.11. The van der Waals surface area contributed by atoms with Crippen molar-refractivity contribution >= 4 is 0 Å². The molecule has 84 valence electrons. The van der Waals surface area contributed by atoms with Crippen molar-refractivity contribution in [2.75, 3.05) is 7.05 Å². The van der Waals surface area contributed by atoms with Crippen LogP contribution in [0.25, 0.3) is 0 Å². The van der Waals surface area contributed by atoms with Crippen molar-refractivity contribution in [3.05, 3.63) is 35.9 Å². The summed E-state index contributed by atoms with van der Waals surface area (Å²) in [5.74, 6) is 0. The Labute approximate surface area is 96.2 Å². The molecule has 1 aromatic rings. The minimum atomic E-state index is 0.0829. The van der Waals surface area contributed by atoms with Gasteiger partial charge in [-0.3, -0.25) is 4.90 Å². The lowest BCUT2D eigenvalue weighted by atomic mass is 9.85. The number of piperidine rings is 1. The first-order valence-electron chi connectivity index (χ1n) is 6.26. The van der Waals surface area contributed by atoms with Crippen LogP contribution in [-0.2, 0) is 10.3 Å². The molecular formula is C14H17NO. The summed E-state index contributed by atoms with van der Waals surface area (Å²) < 4.78 is 6.11. The number of benzene rings is 1. The molecule has 3 fully saturated rings. The smallest absolute Gasteiger partial charge is 0.123 e. The molecule has 0 spiro atoms. The van der Waals surface area contributed by atoms with Crippen molar-refractivity contribution in [3.63, 3.8) is 0 Å². The van der Waals surface area contributed by atoms with E-state index in [-0.39, 0.29) is 5.60 Å². The standard InChI is InChI=1S/C14H17NO/c1-15-11-7-8-12(15)13-14(9-11,16-13)10-5-3-2-4-6-10/h2-6,11-13H,7-9H2,1H3/t11?,12?,13?,14-/m1/s1. The Kier molecular flexibility index (Phi) is 1.65. The number of hydrogen-bond donors (Lipinski definition) is 0. The van der Waals surface area contributed by atoms with Crippen LogP contribution < -0.4 is 0 Å². The van der Waals surface area contributed by atoms with Gasteiger partial charge < -0.3 is 4.74 Å². The van der Waals surface area contributed by atoms with E-state index in [0.717, 1.165) is 6.04 Å². The second kappa shape index (κ2) is 2.88. The normalized spacial score (nSPS) is 45.4. The monoisotopic (exact) mass is 215 g/mol. The fourth-order valence-electron chi connectivity index (χ4n) is 3.82. The Morgan fingerprint density at radius 3 is 2.88 bits per heavy atom. The molecule has 3 aliphatic heterocycles. The zero-order valence-corrected chi connectivity index (χ0v) is 9.60. The number of fused-ring (bicyclic) bond motifs is 4. The highest BCUT2D eigenvalue weighted by Gasteiger charge is 2.67. The Bertz CT molecular complexity index is 418. The summed E-state index contributed by atoms with van der Waals surface area (Å²) in [6.45, 7) is 0. The second-order valence-electron chi connectivity index (χ2n) is 5.46. The average Bonchev–Trinajstić information content (AvgIpc) is 2.97. The first kappa shape index (κ1) is 9.20. The molecule has 0 aromatic heterocycles. The molecule has 1 aromatic carbocycles. The molecule has 0 aliphatic carbocycles. The maximum Gasteiger partial charge on any atom is 0.123 e. The SMILES string of the molecule is CN1C2CCC1C1O[C@@]1(c1ccccc1)C2. The zero-order valence-electron chi connectivity index (χ0n) is 9.60. The minimum Gasteiger partial charge on any atom is -0.359 e. The molecule has 0 N–H and O–H groups in total. The first-order chi connectivity index (χ1) is 7.81. The third kappa shape index (κ3) is 0.994. The summed E-state index contributed by atoms with van der Waals surface area (Å²) in [7, 11) is 2.26. The van der Waals surface area contributed by atoms with Gasteiger partial charge in [0.05, 0.1) is 0 Å². The second-order valence-corrected chi connectivity index (χ2v) is 5.46. The first-order valence-corrected chi connectivity index (χ1v) is 6.26. The number of epoxide rings is 1. The molecule has 3 saturated heterocycles. The lowest BCUT2D eigenvalue weighted by Crippen LogP contribution is -2.44. The van der Waals surface area contributed by atoms with Crippen molar-refractivity contribution in [2.45, 2.75) is 43.1 Å². The Balaban J connectivity index is 1.73. The Morgan fingerprint density at radius 1 is 1.25 bits per heavy atom. The van der Waals surface area contributed by atoms with Crippen molar-refractivity contribution in [1.82, 2.24) is 4.90 Å². The highest BCUT2D eigenvalue weighted by atomic mass is 16.6. The van der Waals surface area contributed by atoms with Gasteiger partial charge in [0.2, 0.25) is 0 Å². The van der Waals surface area contributed by atoms with Gasteiger partial charge in [-0.05, 0) is 31.9 Å². The van der Waals surface area contributed by atoms with Crippen molar-refractivity contribution in [3.8, 4) is 0 Å². The molecule has 0 saturated carbocycles. The largest absolute Gasteiger partial charge is 0.359 e. The van der Waals surface area contributed by atoms with Gasteiger partial charge in [0.25, 0.3) is 0 Å². The van der Waals surface area contributed by atoms with Crippen LogP contribution in [-0.4, -0.2) is 30.1 Å². The Morgan fingerprint density at radius 2 is 2.06 bits per heavy atom. The highest BCUT2D eigenvalue weighted by molar-refractivity contribution is 5.33. The number of nitrogens with zero attached hydrogens (tertiary/aromatic N) is 1. The van der Waals surface area contributed by atoms with E-state index in [0.29, 0.717) is 12.1 Å². The summed E-state index contributed by atoms with van der Waals surface area (Å²) in [4.78, 5) is 2.54. The molecule has 4 rings (SSSR count). The fourth-order valence-corrected chi connectivity index (χ4v) is 3.82. The van der Waals surface area contributed by atoms with Crippen molar-refractivity contribution < 1.29 is 4.74 Å². The molecule has 0 radical (unpaired) electrons. The van der Waals surface area contributed by atoms with E-state index >= 15 is 0 Å². The third-order valence-corrected chi connectivity index (χ3v) is 4.79. The Hall–Kier alpha value is -0.860. The highest BCUT2D eigenvalue weighted by Crippen LogP contribution is 2.59. The van der Waals surface area contributed by atoms with Gasteiger partial charge >= 0.3 is 0 Å². The van der Waals surface area contributed by atoms with Crippen molar-refractivity contribution in [2.24, 2.45) is 0 Å². The van der Waals surface area contributed by atoms with Gasteiger partial charge in [-0.25, -0.2) is 0 Å². The van der Waals surface area contributed by atoms with Crippen molar-refractivity contribution in [1.29, 1.82) is 0 Å². The van der Waals surface area contributed by atoms with Crippen LogP contribution in [0.2, 0.25) is 0 Å². The molecule has 4 atom stereocenters. The molecule has 2 nitrogen and oxygen atoms in total. The van der Waals surface area contributed by atoms with Gasteiger partial charge in [-0.2, -0.15) is 0 Å². The summed E-state index contributed by atoms with van der Waals surface area (Å²) in [5, 5.41) is 0. The van der Waals surface area contributed by atoms with Gasteiger partial charge in [0, 0.05) is 12.1 Å². The van der Waals surface area contributed by atoms with E-state index in [2.05, 4.69) is 42.3 Å². The van der Waals surface area contributed by atoms with Crippen LogP contribution in [0.1, 0.15) is 24.8 Å². The molecule has 16 heavy (non-hydrogen) atoms. The van der Waals surface area contributed by atoms with Crippen LogP contribution in [0.5, 0.6) is 0 Å². The molecular weight excluding hydrogens is 198 g/mol. The van der Waals surface area contributed by atoms with E-state index in [9.17, 15) is 0 Å². The van der Waals surface area contributed by atoms with Crippen LogP contribution in [0, 0.1) is 0 Å². The zero-order chi connectivity index (χ0) is 10.8. The number of likely N-dealkylation sites (N-methyl/N-ethyl adjacent to an activating group) is 1. The number of rotatable bonds is 1. The third-order valence-electron chi connectivity index (χ3n) is 4.79. The lowest BCUT2D eigenvalue weighted by Gasteiger charge is -2.32. The van der Waals surface area contributed by atoms with Gasteiger partial charge in [-0.1, -0.05) is 30.3 Å². The minimum absolute atomic E-state index is 0.0829. The predicted molar refractivity (Wildman–Crippen MR) is 62.2 cm³/mol. The van der Waals surface area contributed by atoms with E-state index in [4.69, 9.17) is 4.74 Å². The number of ether oxygens (including phenoxy) is 1. The maximum absolute atomic E-state index is 6.11. The van der Waals surface area contributed by atoms with Gasteiger partial charge in [0.15, 0.2) is 0 Å². The predicted octanol–water partition coefficient (Wildman–Crippen LogP) is 2.15. The molecule has 3 unspecified atom stereocenters. The van der Waals surface area contributed by atoms with Gasteiger partial charge in [-0.15, -0.1) is 0 Å². The number of hydrogen-bond acceptors (Lipinski definition) is 2. The summed E-state index contributed by atoms with van der Waals surface area (Å²) in [6, 6.07) is 12.2. The fraction of sp³-hybridized carbons (Fsp3) is 0.571. The lowest BCUT2D eigenvalue weighted by molar-refractivity contribution is 0.177. The van der Waals surface area contributed by atoms with E-state index in [1.807, 2.05) is 0 Å². The van der Waals surface area contributed by atoms with E-state index in [1.165, 1.54) is 24.8 Å². The quantitative estimate of drug-likeness (QED) is 0.667.